The van der Waals surface area contributed by atoms with Gasteiger partial charge in [-0.15, -0.1) is 0 Å². The van der Waals surface area contributed by atoms with Crippen LogP contribution >= 0.6 is 0 Å². The third-order valence-corrected chi connectivity index (χ3v) is 11.9. The molecule has 0 aromatic carbocycles. The number of aliphatic hydroxyl groups excluding tert-OH is 8. The zero-order valence-electron chi connectivity index (χ0n) is 40.2. The Morgan fingerprint density at radius 2 is 1.05 bits per heavy atom. The van der Waals surface area contributed by atoms with Gasteiger partial charge in [-0.1, -0.05) is 157 Å². The number of nitrogens with one attached hydrogen (secondary N) is 1. The minimum absolute atomic E-state index is 0.228. The molecule has 1 amide bonds. The molecule has 2 rings (SSSR count). The van der Waals surface area contributed by atoms with Gasteiger partial charge in [0.2, 0.25) is 5.91 Å². The van der Waals surface area contributed by atoms with Gasteiger partial charge in [-0.25, -0.2) is 0 Å². The number of carbonyl (C=O) groups is 1. The predicted octanol–water partition coefficient (Wildman–Crippen LogP) is 6.43. The second kappa shape index (κ2) is 38.3. The maximum absolute atomic E-state index is 13.0. The van der Waals surface area contributed by atoms with Crippen LogP contribution in [0.15, 0.2) is 72.9 Å². The van der Waals surface area contributed by atoms with Gasteiger partial charge < -0.3 is 65.1 Å². The summed E-state index contributed by atoms with van der Waals surface area (Å²) < 4.78 is 22.5. The van der Waals surface area contributed by atoms with Crippen molar-refractivity contribution in [3.63, 3.8) is 0 Å². The summed E-state index contributed by atoms with van der Waals surface area (Å²) in [6.07, 6.45) is 31.7. The number of carbonyl (C=O) groups excluding carboxylic acids is 1. The van der Waals surface area contributed by atoms with Gasteiger partial charge in [0.25, 0.3) is 0 Å². The molecule has 2 heterocycles. The van der Waals surface area contributed by atoms with Gasteiger partial charge in [-0.2, -0.15) is 0 Å². The monoisotopic (exact) mass is 936 g/mol. The van der Waals surface area contributed by atoms with Crippen molar-refractivity contribution in [1.82, 2.24) is 5.32 Å². The molecule has 2 aliphatic rings. The van der Waals surface area contributed by atoms with Crippen LogP contribution in [-0.4, -0.2) is 140 Å². The van der Waals surface area contributed by atoms with Crippen molar-refractivity contribution in [2.24, 2.45) is 0 Å². The molecule has 12 unspecified atom stereocenters. The molecule has 380 valence electrons. The van der Waals surface area contributed by atoms with E-state index in [-0.39, 0.29) is 12.5 Å². The molecule has 0 radical (unpaired) electrons. The third kappa shape index (κ3) is 25.2. The number of unbranched alkanes of at least 4 members (excludes halogenated alkanes) is 12. The summed E-state index contributed by atoms with van der Waals surface area (Å²) in [6.45, 7) is 2.53. The van der Waals surface area contributed by atoms with Crippen LogP contribution in [-0.2, 0) is 23.7 Å². The Balaban J connectivity index is 1.59. The van der Waals surface area contributed by atoms with Crippen molar-refractivity contribution in [3.8, 4) is 0 Å². The minimum atomic E-state index is -1.78. The van der Waals surface area contributed by atoms with E-state index in [4.69, 9.17) is 18.9 Å². The van der Waals surface area contributed by atoms with Crippen LogP contribution in [0.3, 0.4) is 0 Å². The predicted molar refractivity (Wildman–Crippen MR) is 258 cm³/mol. The molecule has 0 saturated carbocycles. The Hall–Kier alpha value is -2.57. The standard InChI is InChI=1S/C52H89NO13/c1-3-5-7-8-9-10-11-12-13-14-15-16-17-18-19-20-21-22-23-24-25-26-27-28-29-30-31-32-34-36-44(57)53-40(41(56)35-33-6-4-2)39-63-51-49(62)47(60)50(43(38-55)65-51)66-52-48(61)46(59)45(58)42(37-54)64-52/h5,7,9-10,12-13,15-16,18-19,21-22,40-43,45-52,54-56,58-62H,3-4,6,8,11,14,17,20,23-39H2,1-2H3,(H,53,57)/b7-5-,10-9-,13-12-,16-15-,19-18-,22-21-. The summed E-state index contributed by atoms with van der Waals surface area (Å²) >= 11 is 0. The Morgan fingerprint density at radius 3 is 1.58 bits per heavy atom. The van der Waals surface area contributed by atoms with Crippen LogP contribution in [0, 0.1) is 0 Å². The van der Waals surface area contributed by atoms with E-state index in [1.54, 1.807) is 0 Å². The summed E-state index contributed by atoms with van der Waals surface area (Å²) in [4.78, 5) is 13.0. The first-order valence-corrected chi connectivity index (χ1v) is 25.2. The number of rotatable bonds is 37. The molecule has 0 aromatic rings. The number of hydrogen-bond donors (Lipinski definition) is 9. The fourth-order valence-corrected chi connectivity index (χ4v) is 7.83. The van der Waals surface area contributed by atoms with Gasteiger partial charge in [0.05, 0.1) is 32.0 Å². The maximum atomic E-state index is 13.0. The number of ether oxygens (including phenoxy) is 4. The lowest BCUT2D eigenvalue weighted by atomic mass is 9.97. The fourth-order valence-electron chi connectivity index (χ4n) is 7.83. The smallest absolute Gasteiger partial charge is 0.220 e. The average Bonchev–Trinajstić information content (AvgIpc) is 3.31. The molecular formula is C52H89NO13. The van der Waals surface area contributed by atoms with E-state index in [2.05, 4.69) is 85.2 Å². The van der Waals surface area contributed by atoms with E-state index >= 15 is 0 Å². The van der Waals surface area contributed by atoms with Gasteiger partial charge in [0.15, 0.2) is 12.6 Å². The molecule has 12 atom stereocenters. The molecule has 2 fully saturated rings. The highest BCUT2D eigenvalue weighted by molar-refractivity contribution is 5.76. The largest absolute Gasteiger partial charge is 0.394 e. The molecule has 66 heavy (non-hydrogen) atoms. The Bertz CT molecular complexity index is 1380. The zero-order valence-corrected chi connectivity index (χ0v) is 40.2. The summed E-state index contributed by atoms with van der Waals surface area (Å²) in [5.41, 5.74) is 0. The van der Waals surface area contributed by atoms with E-state index in [1.807, 2.05) is 6.92 Å². The second-order valence-electron chi connectivity index (χ2n) is 17.6. The molecule has 14 nitrogen and oxygen atoms in total. The topological polar surface area (TPSA) is 228 Å². The summed E-state index contributed by atoms with van der Waals surface area (Å²) in [7, 11) is 0. The number of aliphatic hydroxyl groups is 8. The molecule has 9 N–H and O–H groups in total. The van der Waals surface area contributed by atoms with Gasteiger partial charge in [0.1, 0.15) is 48.8 Å². The van der Waals surface area contributed by atoms with Gasteiger partial charge in [0, 0.05) is 6.42 Å². The number of allylic oxidation sites excluding steroid dienone is 12. The molecule has 0 aliphatic carbocycles. The summed E-state index contributed by atoms with van der Waals surface area (Å²) in [5, 5.41) is 86.0. The van der Waals surface area contributed by atoms with Gasteiger partial charge in [-0.3, -0.25) is 4.79 Å². The van der Waals surface area contributed by atoms with Crippen LogP contribution in [0.5, 0.6) is 0 Å². The quantitative estimate of drug-likeness (QED) is 0.0242. The Morgan fingerprint density at radius 1 is 0.561 bits per heavy atom. The van der Waals surface area contributed by atoms with Gasteiger partial charge >= 0.3 is 0 Å². The number of amides is 1. The lowest BCUT2D eigenvalue weighted by Gasteiger charge is -2.46. The SMILES string of the molecule is CC/C=C\C/C=C\C/C=C\C/C=C\C/C=C\C/C=C\CCCCCCCCCCCCC(=O)NC(COC1OC(CO)C(OC2OC(CO)C(O)C(O)C2O)C(O)C1O)C(O)CCCCC. The first kappa shape index (κ1) is 59.6. The van der Waals surface area contributed by atoms with Gasteiger partial charge in [-0.05, 0) is 64.2 Å². The molecule has 0 aromatic heterocycles. The molecule has 14 heteroatoms. The van der Waals surface area contributed by atoms with E-state index < -0.39 is 86.8 Å². The van der Waals surface area contributed by atoms with E-state index in [1.165, 1.54) is 38.5 Å². The first-order valence-electron chi connectivity index (χ1n) is 25.2. The zero-order chi connectivity index (χ0) is 48.2. The van der Waals surface area contributed by atoms with Crippen molar-refractivity contribution < 1.29 is 64.6 Å². The van der Waals surface area contributed by atoms with Crippen molar-refractivity contribution in [1.29, 1.82) is 0 Å². The van der Waals surface area contributed by atoms with Crippen molar-refractivity contribution in [3.05, 3.63) is 72.9 Å². The fraction of sp³-hybridized carbons (Fsp3) is 0.750. The van der Waals surface area contributed by atoms with Crippen molar-refractivity contribution in [2.75, 3.05) is 19.8 Å². The highest BCUT2D eigenvalue weighted by atomic mass is 16.7. The second-order valence-corrected chi connectivity index (χ2v) is 17.6. The van der Waals surface area contributed by atoms with Crippen molar-refractivity contribution >= 4 is 5.91 Å². The van der Waals surface area contributed by atoms with E-state index in [9.17, 15) is 45.6 Å². The molecule has 2 aliphatic heterocycles. The minimum Gasteiger partial charge on any atom is -0.394 e. The Kier molecular flexibility index (Phi) is 34.6. The van der Waals surface area contributed by atoms with E-state index in [0.717, 1.165) is 83.5 Å². The normalized spacial score (nSPS) is 27.4. The average molecular weight is 936 g/mol. The van der Waals surface area contributed by atoms with E-state index in [0.29, 0.717) is 19.3 Å². The third-order valence-electron chi connectivity index (χ3n) is 11.9. The molecule has 0 bridgehead atoms. The van der Waals surface area contributed by atoms with Crippen LogP contribution in [0.1, 0.15) is 155 Å². The molecule has 2 saturated heterocycles. The lowest BCUT2D eigenvalue weighted by Crippen LogP contribution is -2.65. The molecular weight excluding hydrogens is 847 g/mol. The maximum Gasteiger partial charge on any atom is 0.220 e. The van der Waals surface area contributed by atoms with Crippen molar-refractivity contribution in [2.45, 2.75) is 229 Å². The van der Waals surface area contributed by atoms with Crippen LogP contribution < -0.4 is 5.32 Å². The molecule has 0 spiro atoms. The number of hydrogen-bond acceptors (Lipinski definition) is 13. The Labute approximate surface area is 396 Å². The highest BCUT2D eigenvalue weighted by Gasteiger charge is 2.51. The highest BCUT2D eigenvalue weighted by Crippen LogP contribution is 2.30. The van der Waals surface area contributed by atoms with Crippen LogP contribution in [0.25, 0.3) is 0 Å². The van der Waals surface area contributed by atoms with Crippen LogP contribution in [0.2, 0.25) is 0 Å². The van der Waals surface area contributed by atoms with Crippen LogP contribution in [0.4, 0.5) is 0 Å². The summed E-state index contributed by atoms with van der Waals surface area (Å²) in [5.74, 6) is -0.228. The lowest BCUT2D eigenvalue weighted by molar-refractivity contribution is -0.359. The summed E-state index contributed by atoms with van der Waals surface area (Å²) in [6, 6.07) is -0.830. The first-order chi connectivity index (χ1) is 32.1.